The smallest absolute Gasteiger partial charge is 0.342 e. The fraction of sp³-hybridized carbons (Fsp3) is 0.250. The van der Waals surface area contributed by atoms with E-state index in [0.29, 0.717) is 11.3 Å². The highest BCUT2D eigenvalue weighted by Crippen LogP contribution is 2.19. The Bertz CT molecular complexity index is 842. The number of nitrogens with one attached hydrogen (secondary N) is 1. The van der Waals surface area contributed by atoms with Crippen LogP contribution in [0.3, 0.4) is 0 Å². The summed E-state index contributed by atoms with van der Waals surface area (Å²) in [5, 5.41) is 12.2. The van der Waals surface area contributed by atoms with Gasteiger partial charge in [-0.25, -0.2) is 9.59 Å². The molecule has 0 fully saturated rings. The lowest BCUT2D eigenvalue weighted by atomic mass is 10.1. The molecule has 0 aliphatic heterocycles. The number of carbonyl (C=O) groups excluding carboxylic acids is 3. The van der Waals surface area contributed by atoms with E-state index < -0.39 is 24.5 Å². The van der Waals surface area contributed by atoms with Crippen molar-refractivity contribution >= 4 is 23.5 Å². The Morgan fingerprint density at radius 3 is 2.33 bits per heavy atom. The second-order valence-corrected chi connectivity index (χ2v) is 6.18. The van der Waals surface area contributed by atoms with Crippen molar-refractivity contribution in [1.82, 2.24) is 0 Å². The third-order valence-electron chi connectivity index (χ3n) is 3.45. The van der Waals surface area contributed by atoms with E-state index in [0.717, 1.165) is 5.56 Å². The predicted molar refractivity (Wildman–Crippen MR) is 98.7 cm³/mol. The number of phenols is 1. The number of hydrogen-bond acceptors (Lipinski definition) is 6. The molecule has 27 heavy (non-hydrogen) atoms. The zero-order valence-corrected chi connectivity index (χ0v) is 15.3. The minimum atomic E-state index is -0.793. The van der Waals surface area contributed by atoms with E-state index in [-0.39, 0.29) is 17.4 Å². The normalized spacial score (nSPS) is 10.4. The standard InChI is InChI=1S/C20H21NO6/c1-12(2)27-19(24)14-5-7-15(8-6-14)21-18(23)11-26-20(25)16-10-13(3)4-9-17(16)22/h4-10,12,22H,11H2,1-3H3,(H,21,23). The molecule has 0 saturated carbocycles. The Balaban J connectivity index is 1.89. The highest BCUT2D eigenvalue weighted by Gasteiger charge is 2.15. The summed E-state index contributed by atoms with van der Waals surface area (Å²) in [6.45, 7) is 4.77. The Hall–Kier alpha value is -3.35. The molecule has 142 valence electrons. The topological polar surface area (TPSA) is 102 Å². The number of esters is 2. The summed E-state index contributed by atoms with van der Waals surface area (Å²) in [6.07, 6.45) is -0.223. The first-order valence-electron chi connectivity index (χ1n) is 8.34. The zero-order valence-electron chi connectivity index (χ0n) is 15.3. The number of phenolic OH excluding ortho intramolecular Hbond substituents is 1. The molecule has 0 aliphatic carbocycles. The molecule has 0 unspecified atom stereocenters. The number of rotatable bonds is 6. The Labute approximate surface area is 156 Å². The third-order valence-corrected chi connectivity index (χ3v) is 3.45. The van der Waals surface area contributed by atoms with Crippen LogP contribution in [0.4, 0.5) is 5.69 Å². The molecule has 2 aromatic rings. The van der Waals surface area contributed by atoms with Gasteiger partial charge in [0.25, 0.3) is 5.91 Å². The number of anilines is 1. The SMILES string of the molecule is Cc1ccc(O)c(C(=O)OCC(=O)Nc2ccc(C(=O)OC(C)C)cc2)c1. The summed E-state index contributed by atoms with van der Waals surface area (Å²) in [5.74, 6) is -2.00. The van der Waals surface area contributed by atoms with Crippen LogP contribution in [0.2, 0.25) is 0 Å². The largest absolute Gasteiger partial charge is 0.507 e. The van der Waals surface area contributed by atoms with Crippen molar-refractivity contribution in [1.29, 1.82) is 0 Å². The highest BCUT2D eigenvalue weighted by atomic mass is 16.5. The van der Waals surface area contributed by atoms with Gasteiger partial charge < -0.3 is 19.9 Å². The van der Waals surface area contributed by atoms with Gasteiger partial charge in [0.05, 0.1) is 11.7 Å². The second kappa shape index (κ2) is 8.84. The molecule has 0 aliphatic rings. The second-order valence-electron chi connectivity index (χ2n) is 6.18. The van der Waals surface area contributed by atoms with Crippen LogP contribution in [0.5, 0.6) is 5.75 Å². The molecule has 1 amide bonds. The average Bonchev–Trinajstić information content (AvgIpc) is 2.61. The molecule has 2 N–H and O–H groups in total. The first-order valence-corrected chi connectivity index (χ1v) is 8.34. The molecule has 7 nitrogen and oxygen atoms in total. The van der Waals surface area contributed by atoms with Crippen molar-refractivity contribution in [2.45, 2.75) is 26.9 Å². The van der Waals surface area contributed by atoms with E-state index in [9.17, 15) is 19.5 Å². The van der Waals surface area contributed by atoms with Gasteiger partial charge in [-0.1, -0.05) is 11.6 Å². The van der Waals surface area contributed by atoms with Gasteiger partial charge in [0, 0.05) is 5.69 Å². The average molecular weight is 371 g/mol. The molecule has 0 atom stereocenters. The first kappa shape index (κ1) is 20.0. The molecular weight excluding hydrogens is 350 g/mol. The summed E-state index contributed by atoms with van der Waals surface area (Å²) in [5.41, 5.74) is 1.58. The van der Waals surface area contributed by atoms with Crippen LogP contribution in [0.1, 0.15) is 40.1 Å². The van der Waals surface area contributed by atoms with Crippen LogP contribution >= 0.6 is 0 Å². The number of amides is 1. The summed E-state index contributed by atoms with van der Waals surface area (Å²) in [6, 6.07) is 10.7. The molecule has 0 bridgehead atoms. The monoisotopic (exact) mass is 371 g/mol. The van der Waals surface area contributed by atoms with E-state index in [2.05, 4.69) is 5.32 Å². The maximum atomic E-state index is 12.0. The van der Waals surface area contributed by atoms with Gasteiger partial charge in [-0.15, -0.1) is 0 Å². The molecule has 7 heteroatoms. The van der Waals surface area contributed by atoms with Crippen molar-refractivity contribution in [2.24, 2.45) is 0 Å². The third kappa shape index (κ3) is 5.85. The maximum Gasteiger partial charge on any atom is 0.342 e. The van der Waals surface area contributed by atoms with Gasteiger partial charge in [-0.2, -0.15) is 0 Å². The predicted octanol–water partition coefficient (Wildman–Crippen LogP) is 3.06. The highest BCUT2D eigenvalue weighted by molar-refractivity contribution is 5.97. The van der Waals surface area contributed by atoms with E-state index in [1.165, 1.54) is 24.3 Å². The lowest BCUT2D eigenvalue weighted by Crippen LogP contribution is -2.21. The first-order chi connectivity index (χ1) is 12.8. The number of aryl methyl sites for hydroxylation is 1. The van der Waals surface area contributed by atoms with Gasteiger partial charge in [0.1, 0.15) is 11.3 Å². The minimum absolute atomic E-state index is 0.00387. The van der Waals surface area contributed by atoms with Gasteiger partial charge in [-0.3, -0.25) is 4.79 Å². The van der Waals surface area contributed by atoms with Crippen molar-refractivity contribution in [3.05, 3.63) is 59.2 Å². The van der Waals surface area contributed by atoms with Crippen LogP contribution in [0.25, 0.3) is 0 Å². The fourth-order valence-corrected chi connectivity index (χ4v) is 2.19. The van der Waals surface area contributed by atoms with Gasteiger partial charge in [0.15, 0.2) is 6.61 Å². The summed E-state index contributed by atoms with van der Waals surface area (Å²) in [7, 11) is 0. The Kier molecular flexibility index (Phi) is 6.54. The zero-order chi connectivity index (χ0) is 20.0. The minimum Gasteiger partial charge on any atom is -0.507 e. The molecule has 0 spiro atoms. The van der Waals surface area contributed by atoms with Crippen LogP contribution in [0.15, 0.2) is 42.5 Å². The molecule has 0 radical (unpaired) electrons. The van der Waals surface area contributed by atoms with Crippen molar-refractivity contribution < 1.29 is 29.0 Å². The Morgan fingerprint density at radius 1 is 1.04 bits per heavy atom. The quantitative estimate of drug-likeness (QED) is 0.757. The fourth-order valence-electron chi connectivity index (χ4n) is 2.19. The number of benzene rings is 2. The summed E-state index contributed by atoms with van der Waals surface area (Å²) >= 11 is 0. The molecule has 2 aromatic carbocycles. The van der Waals surface area contributed by atoms with Crippen LogP contribution in [0, 0.1) is 6.92 Å². The van der Waals surface area contributed by atoms with Crippen LogP contribution < -0.4 is 5.32 Å². The van der Waals surface area contributed by atoms with Gasteiger partial charge in [0.2, 0.25) is 0 Å². The molecular formula is C20H21NO6. The summed E-state index contributed by atoms with van der Waals surface area (Å²) < 4.78 is 10.00. The van der Waals surface area contributed by atoms with Crippen molar-refractivity contribution in [3.8, 4) is 5.75 Å². The Morgan fingerprint density at radius 2 is 1.70 bits per heavy atom. The van der Waals surface area contributed by atoms with E-state index in [1.54, 1.807) is 39.0 Å². The number of carbonyl (C=O) groups is 3. The van der Waals surface area contributed by atoms with Crippen LogP contribution in [-0.4, -0.2) is 35.7 Å². The number of aromatic hydroxyl groups is 1. The van der Waals surface area contributed by atoms with Gasteiger partial charge in [-0.05, 0) is 57.2 Å². The van der Waals surface area contributed by atoms with E-state index in [1.807, 2.05) is 0 Å². The van der Waals surface area contributed by atoms with Crippen molar-refractivity contribution in [2.75, 3.05) is 11.9 Å². The maximum absolute atomic E-state index is 12.0. The molecule has 2 rings (SSSR count). The van der Waals surface area contributed by atoms with E-state index >= 15 is 0 Å². The number of ether oxygens (including phenoxy) is 2. The van der Waals surface area contributed by atoms with Crippen molar-refractivity contribution in [3.63, 3.8) is 0 Å². The molecule has 0 heterocycles. The summed E-state index contributed by atoms with van der Waals surface area (Å²) in [4.78, 5) is 35.7. The lowest BCUT2D eigenvalue weighted by molar-refractivity contribution is -0.119. The van der Waals surface area contributed by atoms with Gasteiger partial charge >= 0.3 is 11.9 Å². The number of hydrogen-bond donors (Lipinski definition) is 2. The van der Waals surface area contributed by atoms with E-state index in [4.69, 9.17) is 9.47 Å². The van der Waals surface area contributed by atoms with Crippen LogP contribution in [-0.2, 0) is 14.3 Å². The molecule has 0 aromatic heterocycles. The molecule has 0 saturated heterocycles. The lowest BCUT2D eigenvalue weighted by Gasteiger charge is -2.10.